The van der Waals surface area contributed by atoms with Crippen molar-refractivity contribution in [2.75, 3.05) is 54.1 Å². The molecule has 2 atom stereocenters. The summed E-state index contributed by atoms with van der Waals surface area (Å²) in [5, 5.41) is 0. The maximum Gasteiger partial charge on any atom is 0.472 e. The number of esters is 1. The van der Waals surface area contributed by atoms with Gasteiger partial charge in [0.2, 0.25) is 0 Å². The highest BCUT2D eigenvalue weighted by molar-refractivity contribution is 7.47. The fourth-order valence-electron chi connectivity index (χ4n) is 8.25. The minimum atomic E-state index is -4.29. The van der Waals surface area contributed by atoms with Crippen LogP contribution in [0.25, 0.3) is 0 Å². The van der Waals surface area contributed by atoms with Crippen molar-refractivity contribution in [2.24, 2.45) is 0 Å². The molecule has 8 nitrogen and oxygen atoms in total. The van der Waals surface area contributed by atoms with E-state index in [1.165, 1.54) is 186 Å². The Kier molecular flexibility index (Phi) is 50.6. The molecule has 0 bridgehead atoms. The van der Waals surface area contributed by atoms with Gasteiger partial charge in [-0.2, -0.15) is 0 Å². The number of quaternary nitrogens is 1. The van der Waals surface area contributed by atoms with Crippen LogP contribution in [0, 0.1) is 0 Å². The molecule has 0 rings (SSSR count). The molecule has 9 heteroatoms. The summed E-state index contributed by atoms with van der Waals surface area (Å²) < 4.78 is 35.3. The van der Waals surface area contributed by atoms with Crippen LogP contribution in [0.2, 0.25) is 0 Å². The number of carbonyl (C=O) groups is 1. The predicted molar refractivity (Wildman–Crippen MR) is 293 cm³/mol. The van der Waals surface area contributed by atoms with Crippen molar-refractivity contribution in [3.8, 4) is 0 Å². The molecule has 0 amide bonds. The molecule has 0 heterocycles. The quantitative estimate of drug-likeness (QED) is 0.0213. The first-order valence-corrected chi connectivity index (χ1v) is 30.4. The van der Waals surface area contributed by atoms with E-state index in [9.17, 15) is 14.3 Å². The summed E-state index contributed by atoms with van der Waals surface area (Å²) >= 11 is 0. The Morgan fingerprint density at radius 3 is 1.28 bits per heavy atom. The summed E-state index contributed by atoms with van der Waals surface area (Å²) in [7, 11) is 1.67. The standard InChI is InChI=1S/C59H112NO7P/c1-6-8-10-12-14-16-18-20-22-24-26-28-30-32-34-36-38-40-42-44-46-48-50-52-59(61)67-58(57-66-68(62,63)65-55-53-60(3,4)5)56-64-54-51-49-47-45-43-41-39-37-35-33-31-29-27-25-23-21-19-17-15-13-11-9-7-2/h8,10,14,16,20,22,26,28,58H,6-7,9,11-13,15,17-19,21,23-25,27,29-57H2,1-5H3/p+1/b10-8-,16-14-,22-20-,28-26-. The Labute approximate surface area is 422 Å². The number of carbonyl (C=O) groups excluding carboxylic acids is 1. The molecule has 2 unspecified atom stereocenters. The van der Waals surface area contributed by atoms with E-state index >= 15 is 0 Å². The van der Waals surface area contributed by atoms with E-state index in [2.05, 4.69) is 62.5 Å². The molecule has 1 N–H and O–H groups in total. The number of phosphoric ester groups is 1. The normalized spacial score (nSPS) is 13.8. The first-order valence-electron chi connectivity index (χ1n) is 28.9. The molecule has 0 aliphatic carbocycles. The van der Waals surface area contributed by atoms with Gasteiger partial charge in [0, 0.05) is 13.0 Å². The lowest BCUT2D eigenvalue weighted by Crippen LogP contribution is -2.37. The van der Waals surface area contributed by atoms with Crippen LogP contribution in [0.4, 0.5) is 0 Å². The smallest absolute Gasteiger partial charge is 0.457 e. The van der Waals surface area contributed by atoms with E-state index < -0.39 is 13.9 Å². The highest BCUT2D eigenvalue weighted by Crippen LogP contribution is 2.43. The van der Waals surface area contributed by atoms with E-state index in [1.807, 2.05) is 21.1 Å². The average Bonchev–Trinajstić information content (AvgIpc) is 3.30. The zero-order valence-electron chi connectivity index (χ0n) is 45.6. The average molecular weight is 980 g/mol. The number of rotatable bonds is 54. The van der Waals surface area contributed by atoms with Gasteiger partial charge in [-0.25, -0.2) is 4.57 Å². The molecule has 68 heavy (non-hydrogen) atoms. The minimum absolute atomic E-state index is 0.0883. The number of ether oxygens (including phenoxy) is 2. The third-order valence-electron chi connectivity index (χ3n) is 12.7. The molecule has 0 fully saturated rings. The second-order valence-corrected chi connectivity index (χ2v) is 22.1. The molecular weight excluding hydrogens is 866 g/mol. The van der Waals surface area contributed by atoms with Crippen LogP contribution in [0.1, 0.15) is 264 Å². The third kappa shape index (κ3) is 55.4. The summed E-state index contributed by atoms with van der Waals surface area (Å²) in [6, 6.07) is 0. The van der Waals surface area contributed by atoms with E-state index in [1.54, 1.807) is 0 Å². The first kappa shape index (κ1) is 66.5. The highest BCUT2D eigenvalue weighted by Gasteiger charge is 2.26. The number of phosphoric acid groups is 1. The van der Waals surface area contributed by atoms with Crippen molar-refractivity contribution >= 4 is 13.8 Å². The van der Waals surface area contributed by atoms with E-state index in [-0.39, 0.29) is 25.8 Å². The van der Waals surface area contributed by atoms with E-state index in [4.69, 9.17) is 18.5 Å². The van der Waals surface area contributed by atoms with Crippen LogP contribution in [0.5, 0.6) is 0 Å². The third-order valence-corrected chi connectivity index (χ3v) is 13.6. The number of allylic oxidation sites excluding steroid dienone is 8. The summed E-state index contributed by atoms with van der Waals surface area (Å²) in [6.07, 6.45) is 66.0. The van der Waals surface area contributed by atoms with Gasteiger partial charge in [-0.05, 0) is 51.4 Å². The number of likely N-dealkylation sites (N-methyl/N-ethyl adjacent to an activating group) is 1. The lowest BCUT2D eigenvalue weighted by molar-refractivity contribution is -0.870. The zero-order valence-corrected chi connectivity index (χ0v) is 46.5. The lowest BCUT2D eigenvalue weighted by Gasteiger charge is -2.24. The van der Waals surface area contributed by atoms with Gasteiger partial charge in [0.05, 0.1) is 34.4 Å². The molecule has 0 spiro atoms. The number of hydrogen-bond donors (Lipinski definition) is 1. The van der Waals surface area contributed by atoms with Crippen molar-refractivity contribution in [3.63, 3.8) is 0 Å². The lowest BCUT2D eigenvalue weighted by atomic mass is 10.0. The fraction of sp³-hybridized carbons (Fsp3) is 0.847. The van der Waals surface area contributed by atoms with Crippen LogP contribution >= 0.6 is 7.82 Å². The van der Waals surface area contributed by atoms with Crippen LogP contribution in [0.3, 0.4) is 0 Å². The van der Waals surface area contributed by atoms with Gasteiger partial charge in [0.1, 0.15) is 19.3 Å². The van der Waals surface area contributed by atoms with Gasteiger partial charge in [0.25, 0.3) is 0 Å². The second kappa shape index (κ2) is 51.8. The summed E-state index contributed by atoms with van der Waals surface area (Å²) in [5.41, 5.74) is 0. The maximum absolute atomic E-state index is 12.8. The monoisotopic (exact) mass is 979 g/mol. The largest absolute Gasteiger partial charge is 0.472 e. The molecular formula is C59H113NO7P+. The summed E-state index contributed by atoms with van der Waals surface area (Å²) in [6.45, 7) is 5.56. The maximum atomic E-state index is 12.8. The van der Waals surface area contributed by atoms with E-state index in [0.29, 0.717) is 24.1 Å². The van der Waals surface area contributed by atoms with Crippen molar-refractivity contribution in [2.45, 2.75) is 270 Å². The SMILES string of the molecule is CC/C=C\C/C=C\C/C=C\C/C=C\CCCCCCCCCCCCC(=O)OC(COCCCCCCCCCCCCCCCCCCCCCCCCC)COP(=O)(O)OCC[N+](C)(C)C. The predicted octanol–water partition coefficient (Wildman–Crippen LogP) is 18.2. The van der Waals surface area contributed by atoms with Crippen molar-refractivity contribution < 1.29 is 37.3 Å². The topological polar surface area (TPSA) is 91.3 Å². The van der Waals surface area contributed by atoms with Gasteiger partial charge in [0.15, 0.2) is 0 Å². The Bertz CT molecular complexity index is 1230. The van der Waals surface area contributed by atoms with Gasteiger partial charge in [-0.15, -0.1) is 0 Å². The molecule has 0 saturated carbocycles. The highest BCUT2D eigenvalue weighted by atomic mass is 31.2. The van der Waals surface area contributed by atoms with Gasteiger partial charge >= 0.3 is 13.8 Å². The molecule has 0 aromatic rings. The van der Waals surface area contributed by atoms with Crippen molar-refractivity contribution in [1.82, 2.24) is 0 Å². The number of hydrogen-bond acceptors (Lipinski definition) is 6. The Morgan fingerprint density at radius 2 is 0.853 bits per heavy atom. The Balaban J connectivity index is 4.06. The Morgan fingerprint density at radius 1 is 0.471 bits per heavy atom. The Hall–Kier alpha value is -1.54. The summed E-state index contributed by atoms with van der Waals surface area (Å²) in [4.78, 5) is 23.1. The van der Waals surface area contributed by atoms with Crippen LogP contribution in [0.15, 0.2) is 48.6 Å². The number of nitrogens with zero attached hydrogens (tertiary/aromatic N) is 1. The minimum Gasteiger partial charge on any atom is -0.457 e. The van der Waals surface area contributed by atoms with Crippen molar-refractivity contribution in [3.05, 3.63) is 48.6 Å². The van der Waals surface area contributed by atoms with Crippen molar-refractivity contribution in [1.29, 1.82) is 0 Å². The molecule has 0 aliphatic rings. The molecule has 0 radical (unpaired) electrons. The molecule has 0 aromatic heterocycles. The van der Waals surface area contributed by atoms with Gasteiger partial charge in [-0.1, -0.05) is 255 Å². The summed E-state index contributed by atoms with van der Waals surface area (Å²) in [5.74, 6) is -0.314. The van der Waals surface area contributed by atoms with Crippen LogP contribution < -0.4 is 0 Å². The van der Waals surface area contributed by atoms with Crippen LogP contribution in [-0.4, -0.2) is 75.6 Å². The molecule has 0 aliphatic heterocycles. The number of unbranched alkanes of at least 4 members (excludes halogenated alkanes) is 32. The molecule has 0 saturated heterocycles. The molecule has 0 aromatic carbocycles. The van der Waals surface area contributed by atoms with Gasteiger partial charge in [-0.3, -0.25) is 13.8 Å². The van der Waals surface area contributed by atoms with Crippen LogP contribution in [-0.2, 0) is 27.9 Å². The first-order chi connectivity index (χ1) is 33.1. The van der Waals surface area contributed by atoms with Gasteiger partial charge < -0.3 is 18.9 Å². The zero-order chi connectivity index (χ0) is 49.8. The second-order valence-electron chi connectivity index (χ2n) is 20.7. The molecule has 400 valence electrons. The fourth-order valence-corrected chi connectivity index (χ4v) is 8.99. The van der Waals surface area contributed by atoms with E-state index in [0.717, 1.165) is 57.8 Å².